The van der Waals surface area contributed by atoms with Gasteiger partial charge in [-0.15, -0.1) is 0 Å². The number of nitrogens with zero attached hydrogens (tertiary/aromatic N) is 2. The number of hydrogen-bond acceptors (Lipinski definition) is 2. The van der Waals surface area contributed by atoms with Crippen molar-refractivity contribution in [3.63, 3.8) is 0 Å². The highest BCUT2D eigenvalue weighted by Gasteiger charge is 2.22. The molecule has 2 heterocycles. The molecule has 1 unspecified atom stereocenters. The number of hydrogen-bond donors (Lipinski definition) is 1. The third-order valence-electron chi connectivity index (χ3n) is 4.14. The average Bonchev–Trinajstić information content (AvgIpc) is 2.83. The van der Waals surface area contributed by atoms with Gasteiger partial charge in [0.05, 0.1) is 11.0 Å². The van der Waals surface area contributed by atoms with E-state index in [2.05, 4.69) is 16.8 Å². The molecule has 108 valence electrons. The van der Waals surface area contributed by atoms with Crippen molar-refractivity contribution in [3.8, 4) is 0 Å². The summed E-state index contributed by atoms with van der Waals surface area (Å²) in [5.41, 5.74) is 1.86. The largest absolute Gasteiger partial charge is 0.328 e. The number of aromatic nitrogens is 2. The number of rotatable bonds is 4. The number of aryl methyl sites for hydroxylation is 1. The van der Waals surface area contributed by atoms with Crippen LogP contribution in [0.15, 0.2) is 18.2 Å². The minimum Gasteiger partial charge on any atom is -0.328 e. The molecule has 1 saturated heterocycles. The zero-order valence-corrected chi connectivity index (χ0v) is 12.0. The highest BCUT2D eigenvalue weighted by Crippen LogP contribution is 2.27. The molecule has 1 fully saturated rings. The molecule has 0 spiro atoms. The van der Waals surface area contributed by atoms with E-state index >= 15 is 0 Å². The number of piperidine rings is 1. The Balaban J connectivity index is 2.03. The molecule has 0 amide bonds. The monoisotopic (exact) mass is 275 g/mol. The number of unbranched alkanes of at least 4 members (excludes halogenated alkanes) is 1. The first-order valence-corrected chi connectivity index (χ1v) is 7.66. The zero-order chi connectivity index (χ0) is 13.9. The second kappa shape index (κ2) is 5.92. The third-order valence-corrected chi connectivity index (χ3v) is 4.14. The van der Waals surface area contributed by atoms with Gasteiger partial charge in [0, 0.05) is 25.1 Å². The van der Waals surface area contributed by atoms with Crippen molar-refractivity contribution in [2.75, 3.05) is 13.1 Å². The SMILES string of the molecule is CCCCn1c(C2CCCNC2)nc2cc(F)ccc21. The highest BCUT2D eigenvalue weighted by molar-refractivity contribution is 5.76. The van der Waals surface area contributed by atoms with Crippen LogP contribution < -0.4 is 5.32 Å². The van der Waals surface area contributed by atoms with Crippen LogP contribution in [0.4, 0.5) is 4.39 Å². The van der Waals surface area contributed by atoms with Gasteiger partial charge in [-0.25, -0.2) is 9.37 Å². The standard InChI is InChI=1S/C16H22FN3/c1-2-3-9-20-15-7-6-13(17)10-14(15)19-16(20)12-5-4-8-18-11-12/h6-7,10,12,18H,2-5,8-9,11H2,1H3. The molecular formula is C16H22FN3. The molecule has 0 aliphatic carbocycles. The first kappa shape index (κ1) is 13.6. The Morgan fingerprint density at radius 3 is 3.10 bits per heavy atom. The number of nitrogens with one attached hydrogen (secondary N) is 1. The normalized spacial score (nSPS) is 19.6. The van der Waals surface area contributed by atoms with Crippen molar-refractivity contribution in [2.24, 2.45) is 0 Å². The summed E-state index contributed by atoms with van der Waals surface area (Å²) in [4.78, 5) is 4.73. The van der Waals surface area contributed by atoms with Crippen LogP contribution in [0, 0.1) is 5.82 Å². The molecular weight excluding hydrogens is 253 g/mol. The molecule has 0 radical (unpaired) electrons. The van der Waals surface area contributed by atoms with E-state index in [0.717, 1.165) is 49.3 Å². The predicted molar refractivity (Wildman–Crippen MR) is 79.4 cm³/mol. The molecule has 2 aromatic rings. The summed E-state index contributed by atoms with van der Waals surface area (Å²) in [7, 11) is 0. The zero-order valence-electron chi connectivity index (χ0n) is 12.0. The second-order valence-corrected chi connectivity index (χ2v) is 5.65. The van der Waals surface area contributed by atoms with Crippen LogP contribution in [0.3, 0.4) is 0 Å². The number of imidazole rings is 1. The van der Waals surface area contributed by atoms with Crippen LogP contribution >= 0.6 is 0 Å². The van der Waals surface area contributed by atoms with Gasteiger partial charge in [0.1, 0.15) is 11.6 Å². The predicted octanol–water partition coefficient (Wildman–Crippen LogP) is 3.44. The van der Waals surface area contributed by atoms with E-state index in [0.29, 0.717) is 5.92 Å². The Hall–Kier alpha value is -1.42. The summed E-state index contributed by atoms with van der Waals surface area (Å²) in [5.74, 6) is 1.38. The van der Waals surface area contributed by atoms with Crippen LogP contribution in [-0.4, -0.2) is 22.6 Å². The van der Waals surface area contributed by atoms with Crippen molar-refractivity contribution < 1.29 is 4.39 Å². The fourth-order valence-corrected chi connectivity index (χ4v) is 3.06. The van der Waals surface area contributed by atoms with E-state index in [-0.39, 0.29) is 5.82 Å². The van der Waals surface area contributed by atoms with E-state index in [1.807, 2.05) is 6.07 Å². The van der Waals surface area contributed by atoms with Crippen LogP contribution in [0.25, 0.3) is 11.0 Å². The fraction of sp³-hybridized carbons (Fsp3) is 0.562. The lowest BCUT2D eigenvalue weighted by atomic mass is 9.99. The second-order valence-electron chi connectivity index (χ2n) is 5.65. The molecule has 20 heavy (non-hydrogen) atoms. The van der Waals surface area contributed by atoms with Crippen molar-refractivity contribution in [1.82, 2.24) is 14.9 Å². The van der Waals surface area contributed by atoms with Gasteiger partial charge in [0.25, 0.3) is 0 Å². The summed E-state index contributed by atoms with van der Waals surface area (Å²) in [6.45, 7) is 5.25. The van der Waals surface area contributed by atoms with Gasteiger partial charge >= 0.3 is 0 Å². The van der Waals surface area contributed by atoms with Gasteiger partial charge in [0.2, 0.25) is 0 Å². The minimum atomic E-state index is -0.203. The maximum absolute atomic E-state index is 13.4. The number of halogens is 1. The molecule has 3 nitrogen and oxygen atoms in total. The van der Waals surface area contributed by atoms with E-state index < -0.39 is 0 Å². The molecule has 1 aliphatic heterocycles. The Kier molecular flexibility index (Phi) is 4.01. The van der Waals surface area contributed by atoms with Gasteiger partial charge in [-0.05, 0) is 37.9 Å². The van der Waals surface area contributed by atoms with Gasteiger partial charge in [0.15, 0.2) is 0 Å². The van der Waals surface area contributed by atoms with E-state index in [4.69, 9.17) is 4.98 Å². The lowest BCUT2D eigenvalue weighted by Gasteiger charge is -2.23. The molecule has 1 atom stereocenters. The highest BCUT2D eigenvalue weighted by atomic mass is 19.1. The van der Waals surface area contributed by atoms with Crippen molar-refractivity contribution >= 4 is 11.0 Å². The molecule has 1 N–H and O–H groups in total. The van der Waals surface area contributed by atoms with E-state index in [9.17, 15) is 4.39 Å². The molecule has 1 aliphatic rings. The minimum absolute atomic E-state index is 0.203. The average molecular weight is 275 g/mol. The van der Waals surface area contributed by atoms with Crippen LogP contribution in [-0.2, 0) is 6.54 Å². The summed E-state index contributed by atoms with van der Waals surface area (Å²) < 4.78 is 15.7. The van der Waals surface area contributed by atoms with Crippen LogP contribution in [0.5, 0.6) is 0 Å². The van der Waals surface area contributed by atoms with Crippen molar-refractivity contribution in [3.05, 3.63) is 29.8 Å². The van der Waals surface area contributed by atoms with E-state index in [1.165, 1.54) is 18.9 Å². The quantitative estimate of drug-likeness (QED) is 0.926. The molecule has 0 bridgehead atoms. The first-order chi connectivity index (χ1) is 9.79. The lowest BCUT2D eigenvalue weighted by Crippen LogP contribution is -2.30. The third kappa shape index (κ3) is 2.57. The van der Waals surface area contributed by atoms with E-state index in [1.54, 1.807) is 6.07 Å². The molecule has 1 aromatic carbocycles. The lowest BCUT2D eigenvalue weighted by molar-refractivity contribution is 0.431. The molecule has 3 rings (SSSR count). The van der Waals surface area contributed by atoms with Gasteiger partial charge in [-0.2, -0.15) is 0 Å². The molecule has 4 heteroatoms. The Morgan fingerprint density at radius 2 is 2.35 bits per heavy atom. The summed E-state index contributed by atoms with van der Waals surface area (Å²) >= 11 is 0. The van der Waals surface area contributed by atoms with Crippen LogP contribution in [0.1, 0.15) is 44.3 Å². The molecule has 0 saturated carbocycles. The topological polar surface area (TPSA) is 29.9 Å². The number of fused-ring (bicyclic) bond motifs is 1. The Labute approximate surface area is 119 Å². The summed E-state index contributed by atoms with van der Waals surface area (Å²) in [6, 6.07) is 4.96. The smallest absolute Gasteiger partial charge is 0.125 e. The fourth-order valence-electron chi connectivity index (χ4n) is 3.06. The molecule has 1 aromatic heterocycles. The maximum atomic E-state index is 13.4. The van der Waals surface area contributed by atoms with Crippen LogP contribution in [0.2, 0.25) is 0 Å². The van der Waals surface area contributed by atoms with Crippen molar-refractivity contribution in [1.29, 1.82) is 0 Å². The van der Waals surface area contributed by atoms with Gasteiger partial charge in [-0.3, -0.25) is 0 Å². The first-order valence-electron chi connectivity index (χ1n) is 7.66. The summed E-state index contributed by atoms with van der Waals surface area (Å²) in [6.07, 6.45) is 4.65. The Morgan fingerprint density at radius 1 is 1.45 bits per heavy atom. The van der Waals surface area contributed by atoms with Crippen molar-refractivity contribution in [2.45, 2.75) is 45.1 Å². The Bertz CT molecular complexity index is 585. The summed E-state index contributed by atoms with van der Waals surface area (Å²) in [5, 5.41) is 3.44. The van der Waals surface area contributed by atoms with Gasteiger partial charge < -0.3 is 9.88 Å². The van der Waals surface area contributed by atoms with Gasteiger partial charge in [-0.1, -0.05) is 13.3 Å². The number of benzene rings is 1. The maximum Gasteiger partial charge on any atom is 0.125 e.